The van der Waals surface area contributed by atoms with Crippen molar-refractivity contribution in [2.45, 2.75) is 16.7 Å². The molecule has 0 saturated heterocycles. The van der Waals surface area contributed by atoms with Crippen LogP contribution in [0.3, 0.4) is 0 Å². The Morgan fingerprint density at radius 2 is 1.00 bits per heavy atom. The summed E-state index contributed by atoms with van der Waals surface area (Å²) in [6, 6.07) is 8.06. The van der Waals surface area contributed by atoms with E-state index in [0.29, 0.717) is 0 Å². The first-order valence-electron chi connectivity index (χ1n) is 5.21. The van der Waals surface area contributed by atoms with Crippen LogP contribution in [0.15, 0.2) is 34.1 Å². The molecule has 0 fully saturated rings. The highest BCUT2D eigenvalue weighted by Gasteiger charge is 2.14. The maximum atomic E-state index is 4.47. The Labute approximate surface area is 198 Å². The van der Waals surface area contributed by atoms with Gasteiger partial charge in [0.2, 0.25) is 0 Å². The summed E-state index contributed by atoms with van der Waals surface area (Å²) >= 11 is 20.4. The molecule has 0 bridgehead atoms. The Balaban J connectivity index is 0.000000217. The summed E-state index contributed by atoms with van der Waals surface area (Å²) in [4.78, 5) is 2.13. The molecule has 0 aliphatic heterocycles. The van der Waals surface area contributed by atoms with E-state index >= 15 is 0 Å². The van der Waals surface area contributed by atoms with Gasteiger partial charge in [0.1, 0.15) is 0 Å². The van der Waals surface area contributed by atoms with E-state index in [9.17, 15) is 0 Å². The van der Waals surface area contributed by atoms with Crippen molar-refractivity contribution in [2.24, 2.45) is 0 Å². The zero-order valence-electron chi connectivity index (χ0n) is 10.1. The number of thiol groups is 2. The van der Waals surface area contributed by atoms with Crippen LogP contribution in [0.5, 0.6) is 0 Å². The third-order valence-corrected chi connectivity index (χ3v) is 13.3. The summed E-state index contributed by atoms with van der Waals surface area (Å²) in [6.45, 7) is 2.06. The van der Waals surface area contributed by atoms with Gasteiger partial charge in [-0.25, -0.2) is 0 Å². The van der Waals surface area contributed by atoms with Crippen LogP contribution in [0.4, 0.5) is 0 Å². The van der Waals surface area contributed by atoms with Gasteiger partial charge in [-0.05, 0) is 132 Å². The zero-order valence-corrected chi connectivity index (χ0v) is 22.7. The number of aryl methyl sites for hydroxylation is 1. The van der Waals surface area contributed by atoms with Crippen LogP contribution in [0.1, 0.15) is 5.56 Å². The molecule has 0 aliphatic carbocycles. The van der Waals surface area contributed by atoms with Crippen molar-refractivity contribution in [3.05, 3.63) is 47.7 Å². The lowest BCUT2D eigenvalue weighted by molar-refractivity contribution is 1.28. The van der Waals surface area contributed by atoms with E-state index in [-0.39, 0.29) is 0 Å². The highest BCUT2D eigenvalue weighted by Crippen LogP contribution is 2.35. The monoisotopic (exact) mass is 864 g/mol. The van der Waals surface area contributed by atoms with Crippen LogP contribution in [0.25, 0.3) is 0 Å². The Hall–Kier alpha value is 2.79. The average molecular weight is 864 g/mol. The van der Waals surface area contributed by atoms with Crippen molar-refractivity contribution in [1.82, 2.24) is 0 Å². The van der Waals surface area contributed by atoms with E-state index in [1.165, 1.54) is 23.4 Å². The fourth-order valence-corrected chi connectivity index (χ4v) is 6.70. The zero-order chi connectivity index (χ0) is 15.4. The summed E-state index contributed by atoms with van der Waals surface area (Å²) in [7, 11) is 0. The summed E-state index contributed by atoms with van der Waals surface area (Å²) < 4.78 is 6.46. The molecule has 0 atom stereocenters. The molecule has 0 aliphatic rings. The molecule has 0 spiro atoms. The Bertz CT molecular complexity index is 485. The molecule has 0 aromatic heterocycles. The van der Waals surface area contributed by atoms with Gasteiger partial charge < -0.3 is 0 Å². The van der Waals surface area contributed by atoms with Crippen LogP contribution in [-0.2, 0) is 0 Å². The van der Waals surface area contributed by atoms with Crippen molar-refractivity contribution in [2.75, 3.05) is 0 Å². The molecule has 108 valence electrons. The lowest BCUT2D eigenvalue weighted by Crippen LogP contribution is -1.96. The predicted octanol–water partition coefficient (Wildman–Crippen LogP) is 7.28. The summed E-state index contributed by atoms with van der Waals surface area (Å²) in [5.41, 5.74) is 1.28. The first-order valence-corrected chi connectivity index (χ1v) is 11.5. The first kappa shape index (κ1) is 20.8. The van der Waals surface area contributed by atoms with E-state index in [0.717, 1.165) is 9.79 Å². The number of rotatable bonds is 0. The van der Waals surface area contributed by atoms with Gasteiger partial charge in [0.15, 0.2) is 0 Å². The Morgan fingerprint density at radius 1 is 0.650 bits per heavy atom. The van der Waals surface area contributed by atoms with Gasteiger partial charge in [0.25, 0.3) is 0 Å². The lowest BCUT2D eigenvalue weighted by Gasteiger charge is -2.08. The Morgan fingerprint density at radius 3 is 1.35 bits per heavy atom. The highest BCUT2D eigenvalue weighted by atomic mass is 127. The maximum absolute atomic E-state index is 4.47. The second kappa shape index (κ2) is 9.93. The standard InChI is InChI=1S/C7H8S.C6HI5S/c1-6-2-4-7(8)5-3-6;7-1-2(8)4(10)6(12)5(11)3(1)9/h2-5,8H,1H3;12H. The summed E-state index contributed by atoms with van der Waals surface area (Å²) in [5, 5.41) is 0. The number of halogens is 5. The molecular formula is C13H9I5S2. The fraction of sp³-hybridized carbons (Fsp3) is 0.0769. The molecule has 0 radical (unpaired) electrons. The van der Waals surface area contributed by atoms with Gasteiger partial charge >= 0.3 is 0 Å². The second-order valence-corrected chi connectivity index (χ2v) is 10.1. The molecule has 0 unspecified atom stereocenters. The predicted molar refractivity (Wildman–Crippen MR) is 136 cm³/mol. The van der Waals surface area contributed by atoms with Gasteiger partial charge in [0, 0.05) is 27.6 Å². The molecule has 0 amide bonds. The van der Waals surface area contributed by atoms with E-state index in [2.05, 4.69) is 145 Å². The van der Waals surface area contributed by atoms with E-state index in [4.69, 9.17) is 0 Å². The molecule has 7 heteroatoms. The van der Waals surface area contributed by atoms with Gasteiger partial charge in [-0.1, -0.05) is 17.7 Å². The van der Waals surface area contributed by atoms with Gasteiger partial charge in [-0.2, -0.15) is 0 Å². The lowest BCUT2D eigenvalue weighted by atomic mass is 10.2. The van der Waals surface area contributed by atoms with Crippen molar-refractivity contribution in [3.8, 4) is 0 Å². The maximum Gasteiger partial charge on any atom is 0.0420 e. The molecule has 20 heavy (non-hydrogen) atoms. The smallest absolute Gasteiger partial charge is 0.0420 e. The van der Waals surface area contributed by atoms with Crippen LogP contribution in [-0.4, -0.2) is 0 Å². The largest absolute Gasteiger partial charge is 0.143 e. The van der Waals surface area contributed by atoms with Gasteiger partial charge in [-0.15, -0.1) is 25.3 Å². The van der Waals surface area contributed by atoms with E-state index in [1.807, 2.05) is 24.3 Å². The SMILES string of the molecule is Cc1ccc(S)cc1.Sc1c(I)c(I)c(I)c(I)c1I. The number of hydrogen-bond acceptors (Lipinski definition) is 2. The minimum absolute atomic E-state index is 1.02. The van der Waals surface area contributed by atoms with Crippen molar-refractivity contribution >= 4 is 138 Å². The van der Waals surface area contributed by atoms with E-state index < -0.39 is 0 Å². The molecular weight excluding hydrogens is 855 g/mol. The average Bonchev–Trinajstić information content (AvgIpc) is 2.45. The third kappa shape index (κ3) is 6.02. The Kier molecular flexibility index (Phi) is 10.3. The first-order chi connectivity index (χ1) is 9.25. The van der Waals surface area contributed by atoms with Gasteiger partial charge in [0.05, 0.1) is 0 Å². The molecule has 0 nitrogen and oxygen atoms in total. The molecule has 0 N–H and O–H groups in total. The fourth-order valence-electron chi connectivity index (χ4n) is 1.14. The van der Waals surface area contributed by atoms with E-state index in [1.54, 1.807) is 0 Å². The molecule has 0 heterocycles. The van der Waals surface area contributed by atoms with Crippen molar-refractivity contribution < 1.29 is 0 Å². The van der Waals surface area contributed by atoms with Crippen molar-refractivity contribution in [1.29, 1.82) is 0 Å². The molecule has 2 aromatic carbocycles. The molecule has 2 rings (SSSR count). The van der Waals surface area contributed by atoms with Crippen LogP contribution in [0, 0.1) is 24.8 Å². The molecule has 2 aromatic rings. The van der Waals surface area contributed by atoms with Crippen LogP contribution < -0.4 is 0 Å². The minimum Gasteiger partial charge on any atom is -0.143 e. The summed E-state index contributed by atoms with van der Waals surface area (Å²) in [5.74, 6) is 0. The topological polar surface area (TPSA) is 0 Å². The van der Waals surface area contributed by atoms with Crippen LogP contribution in [0.2, 0.25) is 0 Å². The number of benzene rings is 2. The quantitative estimate of drug-likeness (QED) is 0.118. The van der Waals surface area contributed by atoms with Crippen molar-refractivity contribution in [3.63, 3.8) is 0 Å². The number of hydrogen-bond donors (Lipinski definition) is 2. The molecule has 0 saturated carbocycles. The third-order valence-electron chi connectivity index (χ3n) is 2.22. The van der Waals surface area contributed by atoms with Gasteiger partial charge in [-0.3, -0.25) is 0 Å². The second-order valence-electron chi connectivity index (χ2n) is 3.75. The summed E-state index contributed by atoms with van der Waals surface area (Å²) in [6.07, 6.45) is 0. The van der Waals surface area contributed by atoms with Crippen LogP contribution >= 0.6 is 138 Å². The normalized spacial score (nSPS) is 10.0. The highest BCUT2D eigenvalue weighted by molar-refractivity contribution is 14.1. The minimum atomic E-state index is 1.02.